The molecule has 1 heterocycles. The maximum absolute atomic E-state index is 12.8. The van der Waals surface area contributed by atoms with Crippen LogP contribution in [-0.4, -0.2) is 44.2 Å². The predicted octanol–water partition coefficient (Wildman–Crippen LogP) is 1.33. The Balaban J connectivity index is 0.00000144. The van der Waals surface area contributed by atoms with Crippen LogP contribution in [-0.2, 0) is 0 Å². The molecule has 2 rings (SSSR count). The summed E-state index contributed by atoms with van der Waals surface area (Å²) in [5.74, 6) is -0.175. The van der Waals surface area contributed by atoms with E-state index in [0.717, 1.165) is 45.0 Å². The standard InChI is InChI=1S/C12H18FN3.ClH/c13-11-1-3-12(4-2-11)16-9-7-15(6-5-14)8-10-16;/h1-4H,5-10,14H2;1H. The van der Waals surface area contributed by atoms with Gasteiger partial charge >= 0.3 is 0 Å². The number of piperazine rings is 1. The summed E-state index contributed by atoms with van der Waals surface area (Å²) >= 11 is 0. The molecule has 2 N–H and O–H groups in total. The zero-order valence-corrected chi connectivity index (χ0v) is 10.6. The summed E-state index contributed by atoms with van der Waals surface area (Å²) in [6.45, 7) is 5.74. The topological polar surface area (TPSA) is 32.5 Å². The minimum atomic E-state index is -0.175. The van der Waals surface area contributed by atoms with Crippen LogP contribution in [0.5, 0.6) is 0 Å². The summed E-state index contributed by atoms with van der Waals surface area (Å²) in [7, 11) is 0. The molecule has 0 amide bonds. The molecule has 1 fully saturated rings. The summed E-state index contributed by atoms with van der Waals surface area (Å²) in [6, 6.07) is 6.71. The third kappa shape index (κ3) is 3.84. The first kappa shape index (κ1) is 14.2. The molecule has 0 spiro atoms. The lowest BCUT2D eigenvalue weighted by molar-refractivity contribution is 0.265. The Kier molecular flexibility index (Phi) is 5.68. The third-order valence-electron chi connectivity index (χ3n) is 3.01. The predicted molar refractivity (Wildman–Crippen MR) is 71.4 cm³/mol. The van der Waals surface area contributed by atoms with Crippen molar-refractivity contribution in [3.05, 3.63) is 30.1 Å². The fourth-order valence-electron chi connectivity index (χ4n) is 2.06. The normalized spacial score (nSPS) is 16.7. The molecule has 0 aromatic heterocycles. The lowest BCUT2D eigenvalue weighted by atomic mass is 10.2. The number of anilines is 1. The van der Waals surface area contributed by atoms with E-state index in [0.29, 0.717) is 0 Å². The molecule has 5 heteroatoms. The van der Waals surface area contributed by atoms with E-state index in [1.807, 2.05) is 12.1 Å². The first-order valence-corrected chi connectivity index (χ1v) is 5.72. The number of nitrogens with two attached hydrogens (primary N) is 1. The molecule has 0 atom stereocenters. The molecule has 0 unspecified atom stereocenters. The first-order valence-electron chi connectivity index (χ1n) is 5.72. The number of hydrogen-bond acceptors (Lipinski definition) is 3. The average molecular weight is 260 g/mol. The molecule has 1 aliphatic heterocycles. The van der Waals surface area contributed by atoms with Gasteiger partial charge < -0.3 is 10.6 Å². The van der Waals surface area contributed by atoms with E-state index in [1.54, 1.807) is 0 Å². The molecule has 96 valence electrons. The Morgan fingerprint density at radius 1 is 1.06 bits per heavy atom. The van der Waals surface area contributed by atoms with Gasteiger partial charge in [0, 0.05) is 45.0 Å². The molecular weight excluding hydrogens is 241 g/mol. The SMILES string of the molecule is Cl.NCCN1CCN(c2ccc(F)cc2)CC1. The van der Waals surface area contributed by atoms with Crippen molar-refractivity contribution < 1.29 is 4.39 Å². The summed E-state index contributed by atoms with van der Waals surface area (Å²) in [5, 5.41) is 0. The molecule has 0 radical (unpaired) electrons. The second kappa shape index (κ2) is 6.79. The van der Waals surface area contributed by atoms with Crippen molar-refractivity contribution in [2.75, 3.05) is 44.2 Å². The van der Waals surface area contributed by atoms with Crippen molar-refractivity contribution >= 4 is 18.1 Å². The molecule has 1 aliphatic rings. The van der Waals surface area contributed by atoms with Crippen LogP contribution in [0.15, 0.2) is 24.3 Å². The second-order valence-electron chi connectivity index (χ2n) is 4.09. The van der Waals surface area contributed by atoms with Gasteiger partial charge in [-0.1, -0.05) is 0 Å². The Hall–Kier alpha value is -0.840. The van der Waals surface area contributed by atoms with Crippen molar-refractivity contribution in [1.82, 2.24) is 4.90 Å². The van der Waals surface area contributed by atoms with E-state index < -0.39 is 0 Å². The molecule has 0 bridgehead atoms. The molecule has 0 saturated carbocycles. The van der Waals surface area contributed by atoms with Gasteiger partial charge in [-0.3, -0.25) is 4.90 Å². The van der Waals surface area contributed by atoms with E-state index >= 15 is 0 Å². The monoisotopic (exact) mass is 259 g/mol. The van der Waals surface area contributed by atoms with E-state index in [2.05, 4.69) is 9.80 Å². The summed E-state index contributed by atoms with van der Waals surface area (Å²) < 4.78 is 12.8. The van der Waals surface area contributed by atoms with Gasteiger partial charge in [-0.2, -0.15) is 0 Å². The Labute approximate surface area is 108 Å². The number of rotatable bonds is 3. The minimum Gasteiger partial charge on any atom is -0.369 e. The van der Waals surface area contributed by atoms with Crippen LogP contribution < -0.4 is 10.6 Å². The van der Waals surface area contributed by atoms with Gasteiger partial charge in [-0.25, -0.2) is 4.39 Å². The lowest BCUT2D eigenvalue weighted by Crippen LogP contribution is -2.47. The Morgan fingerprint density at radius 2 is 1.65 bits per heavy atom. The maximum atomic E-state index is 12.8. The first-order chi connectivity index (χ1) is 7.79. The number of hydrogen-bond donors (Lipinski definition) is 1. The Morgan fingerprint density at radius 3 is 2.18 bits per heavy atom. The summed E-state index contributed by atoms with van der Waals surface area (Å²) in [6.07, 6.45) is 0. The van der Waals surface area contributed by atoms with Gasteiger partial charge in [-0.05, 0) is 24.3 Å². The maximum Gasteiger partial charge on any atom is 0.123 e. The second-order valence-corrected chi connectivity index (χ2v) is 4.09. The highest BCUT2D eigenvalue weighted by atomic mass is 35.5. The van der Waals surface area contributed by atoms with Crippen LogP contribution in [0, 0.1) is 5.82 Å². The highest BCUT2D eigenvalue weighted by Gasteiger charge is 2.16. The number of nitrogens with zero attached hydrogens (tertiary/aromatic N) is 2. The van der Waals surface area contributed by atoms with Gasteiger partial charge in [0.15, 0.2) is 0 Å². The fraction of sp³-hybridized carbons (Fsp3) is 0.500. The van der Waals surface area contributed by atoms with Gasteiger partial charge in [0.1, 0.15) is 5.82 Å². The zero-order valence-electron chi connectivity index (χ0n) is 9.81. The van der Waals surface area contributed by atoms with E-state index in [1.165, 1.54) is 12.1 Å². The largest absolute Gasteiger partial charge is 0.369 e. The molecule has 1 aromatic rings. The molecular formula is C12H19ClFN3. The molecule has 17 heavy (non-hydrogen) atoms. The van der Waals surface area contributed by atoms with Gasteiger partial charge in [0.25, 0.3) is 0 Å². The zero-order chi connectivity index (χ0) is 11.4. The summed E-state index contributed by atoms with van der Waals surface area (Å²) in [4.78, 5) is 4.65. The highest BCUT2D eigenvalue weighted by Crippen LogP contribution is 2.16. The highest BCUT2D eigenvalue weighted by molar-refractivity contribution is 5.85. The van der Waals surface area contributed by atoms with Crippen molar-refractivity contribution in [3.8, 4) is 0 Å². The molecule has 3 nitrogen and oxygen atoms in total. The summed E-state index contributed by atoms with van der Waals surface area (Å²) in [5.41, 5.74) is 6.63. The fourth-order valence-corrected chi connectivity index (χ4v) is 2.06. The van der Waals surface area contributed by atoms with E-state index in [9.17, 15) is 4.39 Å². The molecule has 0 aliphatic carbocycles. The van der Waals surface area contributed by atoms with Crippen LogP contribution in [0.3, 0.4) is 0 Å². The van der Waals surface area contributed by atoms with Gasteiger partial charge in [0.05, 0.1) is 0 Å². The average Bonchev–Trinajstić information content (AvgIpc) is 2.32. The van der Waals surface area contributed by atoms with Crippen LogP contribution in [0.1, 0.15) is 0 Å². The van der Waals surface area contributed by atoms with Crippen LogP contribution in [0.2, 0.25) is 0 Å². The van der Waals surface area contributed by atoms with Crippen molar-refractivity contribution in [2.45, 2.75) is 0 Å². The van der Waals surface area contributed by atoms with Gasteiger partial charge in [0.2, 0.25) is 0 Å². The number of benzene rings is 1. The van der Waals surface area contributed by atoms with Crippen molar-refractivity contribution in [3.63, 3.8) is 0 Å². The minimum absolute atomic E-state index is 0. The number of halogens is 2. The molecule has 1 aromatic carbocycles. The van der Waals surface area contributed by atoms with Crippen LogP contribution in [0.25, 0.3) is 0 Å². The van der Waals surface area contributed by atoms with Gasteiger partial charge in [-0.15, -0.1) is 12.4 Å². The smallest absolute Gasteiger partial charge is 0.123 e. The van der Waals surface area contributed by atoms with Crippen molar-refractivity contribution in [2.24, 2.45) is 5.73 Å². The Bertz CT molecular complexity index is 323. The third-order valence-corrected chi connectivity index (χ3v) is 3.01. The van der Waals surface area contributed by atoms with E-state index in [4.69, 9.17) is 5.73 Å². The quantitative estimate of drug-likeness (QED) is 0.889. The van der Waals surface area contributed by atoms with Crippen LogP contribution in [0.4, 0.5) is 10.1 Å². The molecule has 1 saturated heterocycles. The van der Waals surface area contributed by atoms with Crippen LogP contribution >= 0.6 is 12.4 Å². The van der Waals surface area contributed by atoms with Crippen molar-refractivity contribution in [1.29, 1.82) is 0 Å². The van der Waals surface area contributed by atoms with E-state index in [-0.39, 0.29) is 18.2 Å². The lowest BCUT2D eigenvalue weighted by Gasteiger charge is -2.35.